The average Bonchev–Trinajstić information content (AvgIpc) is 2.95. The molecule has 0 saturated carbocycles. The molecule has 0 N–H and O–H groups in total. The molecule has 240 valence electrons. The third-order valence-corrected chi connectivity index (χ3v) is 4.75. The van der Waals surface area contributed by atoms with Crippen LogP contribution in [0.4, 0.5) is 0 Å². The minimum Gasteiger partial charge on any atom is -0.382 e. The molecule has 0 fully saturated rings. The molecule has 0 aliphatic rings. The molecule has 0 aliphatic carbocycles. The van der Waals surface area contributed by atoms with Gasteiger partial charge in [0, 0.05) is 13.5 Å². The van der Waals surface area contributed by atoms with Gasteiger partial charge in [0.15, 0.2) is 0 Å². The Hall–Kier alpha value is -0.810. The predicted molar refractivity (Wildman–Crippen MR) is 146 cm³/mol. The molecular weight excluding hydrogens is 532 g/mol. The van der Waals surface area contributed by atoms with Gasteiger partial charge in [-0.25, -0.2) is 0 Å². The van der Waals surface area contributed by atoms with Crippen molar-refractivity contribution in [2.45, 2.75) is 13.3 Å². The number of ether oxygens (including phenoxy) is 12. The summed E-state index contributed by atoms with van der Waals surface area (Å²) in [5.41, 5.74) is 0. The van der Waals surface area contributed by atoms with E-state index in [1.807, 2.05) is 0 Å². The smallest absolute Gasteiger partial charge is 0.132 e. The fourth-order valence-electron chi connectivity index (χ4n) is 2.66. The normalized spacial score (nSPS) is 11.4. The molecule has 0 aromatic heterocycles. The van der Waals surface area contributed by atoms with Gasteiger partial charge in [-0.3, -0.25) is 4.79 Å². The maximum Gasteiger partial charge on any atom is 0.132 e. The highest BCUT2D eigenvalue weighted by molar-refractivity contribution is 5.75. The van der Waals surface area contributed by atoms with E-state index in [-0.39, 0.29) is 5.78 Å². The van der Waals surface area contributed by atoms with E-state index in [2.05, 4.69) is 0 Å². The highest BCUT2D eigenvalue weighted by Crippen LogP contribution is 1.88. The molecule has 0 bridgehead atoms. The molecule has 0 unspecified atom stereocenters. The van der Waals surface area contributed by atoms with Gasteiger partial charge in [0.1, 0.15) is 5.78 Å². The summed E-state index contributed by atoms with van der Waals surface area (Å²) in [6.07, 6.45) is 0.444. The van der Waals surface area contributed by atoms with Crippen LogP contribution in [-0.4, -0.2) is 165 Å². The van der Waals surface area contributed by atoms with Crippen molar-refractivity contribution in [1.29, 1.82) is 0 Å². The molecule has 40 heavy (non-hydrogen) atoms. The first-order valence-corrected chi connectivity index (χ1v) is 14.1. The molecule has 13 nitrogen and oxygen atoms in total. The minimum absolute atomic E-state index is 0.127. The van der Waals surface area contributed by atoms with Crippen molar-refractivity contribution in [3.8, 4) is 0 Å². The van der Waals surface area contributed by atoms with E-state index < -0.39 is 0 Å². The summed E-state index contributed by atoms with van der Waals surface area (Å²) in [6, 6.07) is 0. The summed E-state index contributed by atoms with van der Waals surface area (Å²) in [5, 5.41) is 0. The van der Waals surface area contributed by atoms with Gasteiger partial charge in [-0.15, -0.1) is 0 Å². The standard InChI is InChI=1S/C27H54O13/c1-27(28)3-4-30-7-8-32-11-12-34-15-16-36-19-20-38-23-24-40-26-25-39-22-21-37-18-17-35-14-13-33-10-9-31-6-5-29-2/h3-26H2,1-2H3. The first-order chi connectivity index (χ1) is 19.8. The molecule has 13 heteroatoms. The molecule has 0 rings (SSSR count). The van der Waals surface area contributed by atoms with Gasteiger partial charge in [0.05, 0.1) is 152 Å². The number of ketones is 1. The van der Waals surface area contributed by atoms with Gasteiger partial charge < -0.3 is 56.8 Å². The zero-order chi connectivity index (χ0) is 29.0. The summed E-state index contributed by atoms with van der Waals surface area (Å²) in [5.74, 6) is 0.127. The van der Waals surface area contributed by atoms with E-state index >= 15 is 0 Å². The quantitative estimate of drug-likeness (QED) is 0.0961. The van der Waals surface area contributed by atoms with Gasteiger partial charge in [-0.2, -0.15) is 0 Å². The number of rotatable bonds is 36. The van der Waals surface area contributed by atoms with Crippen LogP contribution in [0.5, 0.6) is 0 Å². The number of carbonyl (C=O) groups excluding carboxylic acids is 1. The molecule has 0 amide bonds. The molecule has 0 aromatic rings. The van der Waals surface area contributed by atoms with Crippen molar-refractivity contribution in [3.63, 3.8) is 0 Å². The van der Waals surface area contributed by atoms with Gasteiger partial charge in [0.25, 0.3) is 0 Å². The average molecular weight is 587 g/mol. The molecule has 0 aromatic carbocycles. The zero-order valence-corrected chi connectivity index (χ0v) is 24.8. The Kier molecular flexibility index (Phi) is 35.5. The Morgan fingerprint density at radius 2 is 0.500 bits per heavy atom. The monoisotopic (exact) mass is 586 g/mol. The Bertz CT molecular complexity index is 485. The lowest BCUT2D eigenvalue weighted by Gasteiger charge is -2.09. The van der Waals surface area contributed by atoms with Crippen LogP contribution in [0.3, 0.4) is 0 Å². The van der Waals surface area contributed by atoms with E-state index in [0.717, 1.165) is 0 Å². The molecule has 0 radical (unpaired) electrons. The van der Waals surface area contributed by atoms with E-state index in [1.54, 1.807) is 14.0 Å². The third kappa shape index (κ3) is 37.2. The zero-order valence-electron chi connectivity index (χ0n) is 24.8. The molecule has 0 saturated heterocycles. The fourth-order valence-corrected chi connectivity index (χ4v) is 2.66. The van der Waals surface area contributed by atoms with Crippen LogP contribution in [0.2, 0.25) is 0 Å². The first-order valence-electron chi connectivity index (χ1n) is 14.1. The molecule has 0 spiro atoms. The van der Waals surface area contributed by atoms with Crippen molar-refractivity contribution < 1.29 is 61.6 Å². The molecule has 0 aliphatic heterocycles. The van der Waals surface area contributed by atoms with Crippen molar-refractivity contribution in [2.75, 3.05) is 159 Å². The SMILES string of the molecule is COCCOCCOCCOCCOCCOCCOCCOCCOCCOCCOCCOCCC(C)=O. The molecule has 0 heterocycles. The van der Waals surface area contributed by atoms with Crippen LogP contribution in [-0.2, 0) is 61.6 Å². The van der Waals surface area contributed by atoms with E-state index in [9.17, 15) is 4.79 Å². The summed E-state index contributed by atoms with van der Waals surface area (Å²) < 4.78 is 64.3. The summed E-state index contributed by atoms with van der Waals surface area (Å²) in [6.45, 7) is 13.4. The number of hydrogen-bond acceptors (Lipinski definition) is 13. The lowest BCUT2D eigenvalue weighted by Crippen LogP contribution is -2.15. The highest BCUT2D eigenvalue weighted by atomic mass is 16.6. The predicted octanol–water partition coefficient (Wildman–Crippen LogP) is 0.795. The van der Waals surface area contributed by atoms with Gasteiger partial charge in [0.2, 0.25) is 0 Å². The Balaban J connectivity index is 3.03. The number of carbonyl (C=O) groups is 1. The summed E-state index contributed by atoms with van der Waals surface area (Å²) >= 11 is 0. The topological polar surface area (TPSA) is 128 Å². The molecular formula is C27H54O13. The van der Waals surface area contributed by atoms with E-state index in [0.29, 0.717) is 158 Å². The van der Waals surface area contributed by atoms with Crippen LogP contribution < -0.4 is 0 Å². The second-order valence-corrected chi connectivity index (χ2v) is 8.18. The highest BCUT2D eigenvalue weighted by Gasteiger charge is 1.97. The van der Waals surface area contributed by atoms with Crippen molar-refractivity contribution in [2.24, 2.45) is 0 Å². The maximum absolute atomic E-state index is 10.8. The second kappa shape index (κ2) is 36.2. The van der Waals surface area contributed by atoms with Gasteiger partial charge in [-0.05, 0) is 6.92 Å². The number of methoxy groups -OCH3 is 1. The Labute approximate surface area is 240 Å². The lowest BCUT2D eigenvalue weighted by atomic mass is 10.3. The van der Waals surface area contributed by atoms with E-state index in [4.69, 9.17) is 56.8 Å². The van der Waals surface area contributed by atoms with Gasteiger partial charge in [-0.1, -0.05) is 0 Å². The second-order valence-electron chi connectivity index (χ2n) is 8.18. The van der Waals surface area contributed by atoms with Crippen LogP contribution in [0.15, 0.2) is 0 Å². The first kappa shape index (κ1) is 39.2. The molecule has 0 atom stereocenters. The Morgan fingerprint density at radius 1 is 0.325 bits per heavy atom. The number of Topliss-reactive ketones (excluding diaryl/α,β-unsaturated/α-hetero) is 1. The number of hydrogen-bond donors (Lipinski definition) is 0. The fraction of sp³-hybridized carbons (Fsp3) is 0.963. The third-order valence-electron chi connectivity index (χ3n) is 4.75. The summed E-state index contributed by atoms with van der Waals surface area (Å²) in [7, 11) is 1.64. The van der Waals surface area contributed by atoms with Crippen molar-refractivity contribution in [1.82, 2.24) is 0 Å². The van der Waals surface area contributed by atoms with E-state index in [1.165, 1.54) is 0 Å². The minimum atomic E-state index is 0.127. The van der Waals surface area contributed by atoms with Crippen LogP contribution in [0.1, 0.15) is 13.3 Å². The summed E-state index contributed by atoms with van der Waals surface area (Å²) in [4.78, 5) is 10.8. The van der Waals surface area contributed by atoms with Crippen LogP contribution >= 0.6 is 0 Å². The lowest BCUT2D eigenvalue weighted by molar-refractivity contribution is -0.118. The van der Waals surface area contributed by atoms with Gasteiger partial charge >= 0.3 is 0 Å². The van der Waals surface area contributed by atoms with Crippen LogP contribution in [0.25, 0.3) is 0 Å². The van der Waals surface area contributed by atoms with Crippen molar-refractivity contribution >= 4 is 5.78 Å². The maximum atomic E-state index is 10.8. The largest absolute Gasteiger partial charge is 0.382 e. The Morgan fingerprint density at radius 3 is 0.675 bits per heavy atom. The van der Waals surface area contributed by atoms with Crippen LogP contribution in [0, 0.1) is 0 Å². The van der Waals surface area contributed by atoms with Crippen molar-refractivity contribution in [3.05, 3.63) is 0 Å².